The maximum Gasteiger partial charge on any atom is 0.233 e. The first-order valence-electron chi connectivity index (χ1n) is 8.43. The van der Waals surface area contributed by atoms with Crippen LogP contribution >= 0.6 is 23.4 Å². The third-order valence-electron chi connectivity index (χ3n) is 4.02. The van der Waals surface area contributed by atoms with Gasteiger partial charge in [0.1, 0.15) is 11.5 Å². The van der Waals surface area contributed by atoms with Gasteiger partial charge in [-0.05, 0) is 55.8 Å². The molecule has 2 atom stereocenters. The molecule has 0 bridgehead atoms. The van der Waals surface area contributed by atoms with Crippen LogP contribution in [0.5, 0.6) is 11.5 Å². The highest BCUT2D eigenvalue weighted by molar-refractivity contribution is 8.00. The number of thioether (sulfide) groups is 1. The van der Waals surface area contributed by atoms with Gasteiger partial charge in [0.25, 0.3) is 0 Å². The van der Waals surface area contributed by atoms with E-state index in [1.54, 1.807) is 14.2 Å². The number of amides is 1. The number of ether oxygens (including phenoxy) is 2. The van der Waals surface area contributed by atoms with E-state index in [-0.39, 0.29) is 17.2 Å². The van der Waals surface area contributed by atoms with Crippen molar-refractivity contribution in [1.29, 1.82) is 0 Å². The molecular formula is C20H24ClNO3S. The number of halogens is 1. The van der Waals surface area contributed by atoms with Crippen molar-refractivity contribution in [2.75, 3.05) is 14.2 Å². The van der Waals surface area contributed by atoms with Gasteiger partial charge < -0.3 is 14.8 Å². The van der Waals surface area contributed by atoms with Crippen LogP contribution in [0.15, 0.2) is 47.4 Å². The molecule has 0 aliphatic rings. The third-order valence-corrected chi connectivity index (χ3v) is 5.65. The SMILES string of the molecule is CC[C@H](Sc1ccc(Cl)cc1)C(=O)N[C@H](C)c1cc(OC)ccc1OC. The second kappa shape index (κ2) is 9.74. The Balaban J connectivity index is 2.10. The van der Waals surface area contributed by atoms with Crippen LogP contribution in [0.2, 0.25) is 5.02 Å². The van der Waals surface area contributed by atoms with Crippen LogP contribution < -0.4 is 14.8 Å². The van der Waals surface area contributed by atoms with Gasteiger partial charge in [0.2, 0.25) is 5.91 Å². The summed E-state index contributed by atoms with van der Waals surface area (Å²) < 4.78 is 10.7. The average molecular weight is 394 g/mol. The van der Waals surface area contributed by atoms with Gasteiger partial charge in [-0.3, -0.25) is 4.79 Å². The zero-order valence-corrected chi connectivity index (χ0v) is 17.0. The van der Waals surface area contributed by atoms with Gasteiger partial charge in [-0.1, -0.05) is 18.5 Å². The molecule has 0 unspecified atom stereocenters. The lowest BCUT2D eigenvalue weighted by atomic mass is 10.1. The number of nitrogens with one attached hydrogen (secondary N) is 1. The molecule has 1 N–H and O–H groups in total. The van der Waals surface area contributed by atoms with Crippen LogP contribution in [0, 0.1) is 0 Å². The van der Waals surface area contributed by atoms with Crippen LogP contribution in [0.4, 0.5) is 0 Å². The number of methoxy groups -OCH3 is 2. The number of carbonyl (C=O) groups is 1. The molecule has 0 saturated carbocycles. The smallest absolute Gasteiger partial charge is 0.233 e. The molecule has 26 heavy (non-hydrogen) atoms. The van der Waals surface area contributed by atoms with Crippen LogP contribution in [0.1, 0.15) is 31.9 Å². The average Bonchev–Trinajstić information content (AvgIpc) is 2.66. The minimum atomic E-state index is -0.201. The zero-order chi connectivity index (χ0) is 19.1. The molecule has 140 valence electrons. The first-order valence-corrected chi connectivity index (χ1v) is 9.68. The molecule has 0 radical (unpaired) electrons. The maximum absolute atomic E-state index is 12.8. The summed E-state index contributed by atoms with van der Waals surface area (Å²) in [5.74, 6) is 1.44. The number of carbonyl (C=O) groups excluding carboxylic acids is 1. The molecule has 0 spiro atoms. The molecule has 2 rings (SSSR count). The van der Waals surface area contributed by atoms with Gasteiger partial charge in [-0.15, -0.1) is 11.8 Å². The first kappa shape index (κ1) is 20.5. The van der Waals surface area contributed by atoms with E-state index < -0.39 is 0 Å². The maximum atomic E-state index is 12.8. The largest absolute Gasteiger partial charge is 0.497 e. The Bertz CT molecular complexity index is 736. The summed E-state index contributed by atoms with van der Waals surface area (Å²) in [6, 6.07) is 12.9. The highest BCUT2D eigenvalue weighted by atomic mass is 35.5. The van der Waals surface area contributed by atoms with Gasteiger partial charge in [-0.2, -0.15) is 0 Å². The Labute approximate surface area is 164 Å². The summed E-state index contributed by atoms with van der Waals surface area (Å²) in [7, 11) is 3.23. The lowest BCUT2D eigenvalue weighted by molar-refractivity contribution is -0.121. The highest BCUT2D eigenvalue weighted by Gasteiger charge is 2.22. The van der Waals surface area contributed by atoms with E-state index >= 15 is 0 Å². The molecule has 2 aromatic rings. The Morgan fingerprint density at radius 3 is 2.42 bits per heavy atom. The van der Waals surface area contributed by atoms with Crippen molar-refractivity contribution in [3.05, 3.63) is 53.1 Å². The summed E-state index contributed by atoms with van der Waals surface area (Å²) in [6.07, 6.45) is 0.723. The fourth-order valence-electron chi connectivity index (χ4n) is 2.56. The van der Waals surface area contributed by atoms with Crippen LogP contribution in [0.25, 0.3) is 0 Å². The Kier molecular flexibility index (Phi) is 7.66. The van der Waals surface area contributed by atoms with Gasteiger partial charge in [0.15, 0.2) is 0 Å². The lowest BCUT2D eigenvalue weighted by Crippen LogP contribution is -2.34. The minimum absolute atomic E-state index is 0.00942. The zero-order valence-electron chi connectivity index (χ0n) is 15.4. The molecule has 2 aromatic carbocycles. The molecule has 0 aliphatic heterocycles. The van der Waals surface area contributed by atoms with Crippen molar-refractivity contribution in [1.82, 2.24) is 5.32 Å². The Hall–Kier alpha value is -1.85. The molecule has 6 heteroatoms. The van der Waals surface area contributed by atoms with Crippen molar-refractivity contribution < 1.29 is 14.3 Å². The fraction of sp³-hybridized carbons (Fsp3) is 0.350. The van der Waals surface area contributed by atoms with Gasteiger partial charge >= 0.3 is 0 Å². The quantitative estimate of drug-likeness (QED) is 0.633. The number of rotatable bonds is 8. The number of hydrogen-bond donors (Lipinski definition) is 1. The Morgan fingerprint density at radius 2 is 1.85 bits per heavy atom. The monoisotopic (exact) mass is 393 g/mol. The second-order valence-electron chi connectivity index (χ2n) is 5.81. The normalized spacial score (nSPS) is 13.0. The van der Waals surface area contributed by atoms with Crippen LogP contribution in [-0.4, -0.2) is 25.4 Å². The van der Waals surface area contributed by atoms with Crippen LogP contribution in [-0.2, 0) is 4.79 Å². The standard InChI is InChI=1S/C20H24ClNO3S/c1-5-19(26-16-9-6-14(21)7-10-16)20(23)22-13(2)17-12-15(24-3)8-11-18(17)25-4/h6-13,19H,5H2,1-4H3,(H,22,23)/t13-,19+/m1/s1. The van der Waals surface area contributed by atoms with E-state index in [2.05, 4.69) is 5.32 Å². The van der Waals surface area contributed by atoms with Crippen molar-refractivity contribution in [3.8, 4) is 11.5 Å². The lowest BCUT2D eigenvalue weighted by Gasteiger charge is -2.21. The Morgan fingerprint density at radius 1 is 1.15 bits per heavy atom. The summed E-state index contributed by atoms with van der Waals surface area (Å²) in [5.41, 5.74) is 0.881. The number of hydrogen-bond acceptors (Lipinski definition) is 4. The van der Waals surface area contributed by atoms with Gasteiger partial charge in [0, 0.05) is 15.5 Å². The molecule has 0 saturated heterocycles. The predicted molar refractivity (Wildman–Crippen MR) is 107 cm³/mol. The molecule has 0 fully saturated rings. The number of benzene rings is 2. The van der Waals surface area contributed by atoms with Crippen LogP contribution in [0.3, 0.4) is 0 Å². The van der Waals surface area contributed by atoms with E-state index in [1.165, 1.54) is 11.8 Å². The summed E-state index contributed by atoms with van der Waals surface area (Å²) in [4.78, 5) is 13.8. The first-order chi connectivity index (χ1) is 12.5. The highest BCUT2D eigenvalue weighted by Crippen LogP contribution is 2.31. The predicted octanol–water partition coefficient (Wildman–Crippen LogP) is 5.11. The van der Waals surface area contributed by atoms with Crippen molar-refractivity contribution in [3.63, 3.8) is 0 Å². The summed E-state index contributed by atoms with van der Waals surface area (Å²) in [5, 5.41) is 3.58. The van der Waals surface area contributed by atoms with E-state index in [0.29, 0.717) is 5.02 Å². The van der Waals surface area contributed by atoms with Crippen molar-refractivity contribution in [2.45, 2.75) is 36.5 Å². The van der Waals surface area contributed by atoms with Crippen molar-refractivity contribution in [2.24, 2.45) is 0 Å². The third kappa shape index (κ3) is 5.32. The van der Waals surface area contributed by atoms with Gasteiger partial charge in [0.05, 0.1) is 25.5 Å². The molecule has 1 amide bonds. The van der Waals surface area contributed by atoms with Crippen molar-refractivity contribution >= 4 is 29.3 Å². The van der Waals surface area contributed by atoms with E-state index in [9.17, 15) is 4.79 Å². The van der Waals surface area contributed by atoms with E-state index in [0.717, 1.165) is 28.4 Å². The summed E-state index contributed by atoms with van der Waals surface area (Å²) in [6.45, 7) is 3.94. The second-order valence-corrected chi connectivity index (χ2v) is 7.52. The molecular weight excluding hydrogens is 370 g/mol. The summed E-state index contributed by atoms with van der Waals surface area (Å²) >= 11 is 7.46. The minimum Gasteiger partial charge on any atom is -0.497 e. The molecule has 0 aliphatic carbocycles. The fourth-order valence-corrected chi connectivity index (χ4v) is 3.65. The molecule has 0 aromatic heterocycles. The van der Waals surface area contributed by atoms with Gasteiger partial charge in [-0.25, -0.2) is 0 Å². The molecule has 0 heterocycles. The van der Waals surface area contributed by atoms with E-state index in [1.807, 2.05) is 56.3 Å². The molecule has 4 nitrogen and oxygen atoms in total. The topological polar surface area (TPSA) is 47.6 Å². The van der Waals surface area contributed by atoms with E-state index in [4.69, 9.17) is 21.1 Å².